The maximum absolute atomic E-state index is 12.4. The van der Waals surface area contributed by atoms with Crippen LogP contribution in [0.4, 0.5) is 0 Å². The Bertz CT molecular complexity index is 1130. The van der Waals surface area contributed by atoms with Gasteiger partial charge in [0.1, 0.15) is 12.7 Å². The van der Waals surface area contributed by atoms with E-state index in [0.29, 0.717) is 38.8 Å². The summed E-state index contributed by atoms with van der Waals surface area (Å²) in [6, 6.07) is -0.948. The Morgan fingerprint density at radius 3 is 1.84 bits per heavy atom. The summed E-state index contributed by atoms with van der Waals surface area (Å²) in [7, 11) is 0. The van der Waals surface area contributed by atoms with Gasteiger partial charge in [-0.3, -0.25) is 33.6 Å². The molecule has 0 saturated carbocycles. The van der Waals surface area contributed by atoms with E-state index in [9.17, 15) is 33.6 Å². The summed E-state index contributed by atoms with van der Waals surface area (Å²) in [4.78, 5) is 84.3. The Hall–Kier alpha value is -3.36. The summed E-state index contributed by atoms with van der Waals surface area (Å²) in [5.41, 5.74) is 0. The fourth-order valence-electron chi connectivity index (χ4n) is 4.77. The van der Waals surface area contributed by atoms with Crippen molar-refractivity contribution in [3.8, 4) is 0 Å². The molecule has 19 heteroatoms. The zero-order valence-corrected chi connectivity index (χ0v) is 31.1. The predicted molar refractivity (Wildman–Crippen MR) is 180 cm³/mol. The van der Waals surface area contributed by atoms with Crippen LogP contribution in [-0.4, -0.2) is 161 Å². The van der Waals surface area contributed by atoms with Crippen LogP contribution < -0.4 is 10.6 Å². The van der Waals surface area contributed by atoms with Gasteiger partial charge < -0.3 is 53.4 Å². The summed E-state index contributed by atoms with van der Waals surface area (Å²) in [6.45, 7) is 9.81. The van der Waals surface area contributed by atoms with Gasteiger partial charge in [-0.05, 0) is 6.42 Å². The third-order valence-corrected chi connectivity index (χ3v) is 7.67. The summed E-state index contributed by atoms with van der Waals surface area (Å²) in [6.07, 6.45) is -4.05. The standard InChI is InChI=1S/C32H53N3O15S/c1-21(36)34-30-27(50-28(20-47-23(3)38)31(48-24(4)39)32(30)49-25(5)40)7-10-43-12-9-35(22(2)37)19-29(42)33-8-11-44-13-14-45-15-16-46-17-18-51-26(6)41/h27-28,30-32H,7-20H2,1-6H3,(H,33,42)(H,34,36)/t27-,28-,30+,31+,32-/m1/s1. The first kappa shape index (κ1) is 45.7. The number of ether oxygens (including phenoxy) is 8. The van der Waals surface area contributed by atoms with E-state index in [1.165, 1.54) is 44.4 Å². The van der Waals surface area contributed by atoms with Crippen molar-refractivity contribution in [3.63, 3.8) is 0 Å². The van der Waals surface area contributed by atoms with Crippen molar-refractivity contribution in [2.45, 2.75) is 78.4 Å². The molecule has 2 N–H and O–H groups in total. The summed E-state index contributed by atoms with van der Waals surface area (Å²) in [5.74, 6) is -2.57. The second-order valence-electron chi connectivity index (χ2n) is 11.3. The van der Waals surface area contributed by atoms with E-state index in [4.69, 9.17) is 37.9 Å². The lowest BCUT2D eigenvalue weighted by Crippen LogP contribution is -2.66. The zero-order valence-electron chi connectivity index (χ0n) is 30.3. The highest BCUT2D eigenvalue weighted by molar-refractivity contribution is 8.13. The molecule has 1 aliphatic rings. The predicted octanol–water partition coefficient (Wildman–Crippen LogP) is -0.614. The van der Waals surface area contributed by atoms with Gasteiger partial charge in [-0.2, -0.15) is 0 Å². The Kier molecular flexibility index (Phi) is 23.7. The van der Waals surface area contributed by atoms with Crippen molar-refractivity contribution >= 4 is 52.5 Å². The number of carbonyl (C=O) groups is 7. The number of amides is 3. The lowest BCUT2D eigenvalue weighted by atomic mass is 9.90. The molecule has 0 unspecified atom stereocenters. The zero-order chi connectivity index (χ0) is 38.2. The minimum atomic E-state index is -1.19. The lowest BCUT2D eigenvalue weighted by molar-refractivity contribution is -0.225. The number of esters is 3. The number of hydrogen-bond donors (Lipinski definition) is 2. The van der Waals surface area contributed by atoms with Gasteiger partial charge in [0.05, 0.1) is 64.9 Å². The average Bonchev–Trinajstić information content (AvgIpc) is 3.03. The molecule has 0 bridgehead atoms. The Balaban J connectivity index is 2.53. The van der Waals surface area contributed by atoms with E-state index in [-0.39, 0.29) is 69.4 Å². The van der Waals surface area contributed by atoms with E-state index in [0.717, 1.165) is 13.8 Å². The molecule has 0 aliphatic carbocycles. The molecule has 0 aromatic carbocycles. The van der Waals surface area contributed by atoms with Gasteiger partial charge in [0.25, 0.3) is 0 Å². The molecule has 5 atom stereocenters. The summed E-state index contributed by atoms with van der Waals surface area (Å²) < 4.78 is 44.0. The van der Waals surface area contributed by atoms with Crippen molar-refractivity contribution < 1.29 is 71.5 Å². The van der Waals surface area contributed by atoms with E-state index in [2.05, 4.69) is 10.6 Å². The third kappa shape index (κ3) is 21.6. The Morgan fingerprint density at radius 2 is 1.27 bits per heavy atom. The third-order valence-electron chi connectivity index (χ3n) is 6.90. The van der Waals surface area contributed by atoms with Crippen LogP contribution in [0.15, 0.2) is 0 Å². The van der Waals surface area contributed by atoms with Gasteiger partial charge in [0, 0.05) is 67.0 Å². The number of carbonyl (C=O) groups excluding carboxylic acids is 7. The molecule has 51 heavy (non-hydrogen) atoms. The molecule has 1 rings (SSSR count). The first-order chi connectivity index (χ1) is 24.2. The molecule has 292 valence electrons. The average molecular weight is 752 g/mol. The van der Waals surface area contributed by atoms with Gasteiger partial charge in [0.2, 0.25) is 17.7 Å². The van der Waals surface area contributed by atoms with Crippen LogP contribution in [0.2, 0.25) is 0 Å². The van der Waals surface area contributed by atoms with E-state index in [1.807, 2.05) is 0 Å². The van der Waals surface area contributed by atoms with Crippen molar-refractivity contribution in [1.29, 1.82) is 0 Å². The summed E-state index contributed by atoms with van der Waals surface area (Å²) in [5, 5.41) is 5.44. The molecular formula is C32H53N3O15S. The minimum absolute atomic E-state index is 0.0521. The number of thioether (sulfide) groups is 1. The maximum atomic E-state index is 12.4. The Labute approximate surface area is 302 Å². The maximum Gasteiger partial charge on any atom is 0.303 e. The molecule has 18 nitrogen and oxygen atoms in total. The lowest BCUT2D eigenvalue weighted by Gasteiger charge is -2.45. The van der Waals surface area contributed by atoms with Crippen molar-refractivity contribution in [1.82, 2.24) is 15.5 Å². The molecule has 1 aliphatic heterocycles. The number of hydrogen-bond acceptors (Lipinski definition) is 16. The van der Waals surface area contributed by atoms with Crippen molar-refractivity contribution in [3.05, 3.63) is 0 Å². The van der Waals surface area contributed by atoms with E-state index in [1.54, 1.807) is 0 Å². The molecule has 1 heterocycles. The highest BCUT2D eigenvalue weighted by Gasteiger charge is 2.50. The van der Waals surface area contributed by atoms with Crippen LogP contribution in [0.5, 0.6) is 0 Å². The van der Waals surface area contributed by atoms with E-state index < -0.39 is 54.3 Å². The highest BCUT2D eigenvalue weighted by Crippen LogP contribution is 2.29. The fourth-order valence-corrected chi connectivity index (χ4v) is 5.26. The SMILES string of the molecule is CC(=O)N[C@@H]1[C@@H](OC(C)=O)[C@@H](OC(C)=O)[C@@H](COC(C)=O)O[C@@H]1CCOCCN(CC(=O)NCCOCCOCCOCCSC(C)=O)C(C)=O. The van der Waals surface area contributed by atoms with Crippen molar-refractivity contribution in [2.75, 3.05) is 84.8 Å². The summed E-state index contributed by atoms with van der Waals surface area (Å²) >= 11 is 1.21. The van der Waals surface area contributed by atoms with Gasteiger partial charge in [-0.25, -0.2) is 0 Å². The topological polar surface area (TPSA) is 221 Å². The Morgan fingerprint density at radius 1 is 0.686 bits per heavy atom. The van der Waals surface area contributed by atoms with Crippen molar-refractivity contribution in [2.24, 2.45) is 0 Å². The quantitative estimate of drug-likeness (QED) is 0.0675. The van der Waals surface area contributed by atoms with Gasteiger partial charge in [0.15, 0.2) is 17.3 Å². The van der Waals surface area contributed by atoms with Crippen LogP contribution in [0.3, 0.4) is 0 Å². The van der Waals surface area contributed by atoms with Crippen LogP contribution >= 0.6 is 11.8 Å². The fraction of sp³-hybridized carbons (Fsp3) is 0.781. The highest BCUT2D eigenvalue weighted by atomic mass is 32.2. The molecule has 0 aromatic rings. The van der Waals surface area contributed by atoms with Gasteiger partial charge in [-0.1, -0.05) is 11.8 Å². The minimum Gasteiger partial charge on any atom is -0.463 e. The number of nitrogens with zero attached hydrogens (tertiary/aromatic N) is 1. The molecule has 0 spiro atoms. The van der Waals surface area contributed by atoms with Crippen LogP contribution in [0, 0.1) is 0 Å². The number of nitrogens with one attached hydrogen (secondary N) is 2. The molecule has 1 fully saturated rings. The number of rotatable bonds is 25. The van der Waals surface area contributed by atoms with Crippen LogP contribution in [0.25, 0.3) is 0 Å². The van der Waals surface area contributed by atoms with Gasteiger partial charge >= 0.3 is 17.9 Å². The monoisotopic (exact) mass is 751 g/mol. The molecule has 0 radical (unpaired) electrons. The molecule has 0 aromatic heterocycles. The van der Waals surface area contributed by atoms with Gasteiger partial charge in [-0.15, -0.1) is 0 Å². The second kappa shape index (κ2) is 26.4. The van der Waals surface area contributed by atoms with E-state index >= 15 is 0 Å². The molecule has 3 amide bonds. The van der Waals surface area contributed by atoms with Crippen LogP contribution in [0.1, 0.15) is 48.0 Å². The first-order valence-electron chi connectivity index (χ1n) is 16.6. The van der Waals surface area contributed by atoms with Crippen LogP contribution in [-0.2, 0) is 71.5 Å². The molecule has 1 saturated heterocycles. The normalized spacial score (nSPS) is 19.8. The largest absolute Gasteiger partial charge is 0.463 e. The second-order valence-corrected chi connectivity index (χ2v) is 12.5. The molecular weight excluding hydrogens is 698 g/mol. The smallest absolute Gasteiger partial charge is 0.303 e. The first-order valence-corrected chi connectivity index (χ1v) is 17.6.